The van der Waals surface area contributed by atoms with Crippen molar-refractivity contribution in [3.8, 4) is 5.75 Å². The van der Waals surface area contributed by atoms with E-state index in [-0.39, 0.29) is 31.5 Å². The molecule has 0 aliphatic rings. The number of nitrogens with one attached hydrogen (secondary N) is 2. The number of hydrogen-bond acceptors (Lipinski definition) is 5. The van der Waals surface area contributed by atoms with Crippen LogP contribution in [0.4, 0.5) is 28.9 Å². The summed E-state index contributed by atoms with van der Waals surface area (Å²) in [6.07, 6.45) is 0. The molecule has 6 aromatic rings. The normalized spacial score (nSPS) is 9.52. The zero-order valence-corrected chi connectivity index (χ0v) is 30.4. The van der Waals surface area contributed by atoms with Crippen LogP contribution in [0, 0.1) is 23.3 Å². The first-order valence-electron chi connectivity index (χ1n) is 16.3. The molecular formula is C42H39F4N3O4S. The van der Waals surface area contributed by atoms with Gasteiger partial charge in [-0.2, -0.15) is 22.3 Å². The summed E-state index contributed by atoms with van der Waals surface area (Å²) in [5, 5.41) is 5.00. The van der Waals surface area contributed by atoms with Crippen molar-refractivity contribution in [3.05, 3.63) is 197 Å². The van der Waals surface area contributed by atoms with Gasteiger partial charge in [0, 0.05) is 23.5 Å². The topological polar surface area (TPSA) is 111 Å². The molecule has 7 nitrogen and oxygen atoms in total. The van der Waals surface area contributed by atoms with E-state index >= 15 is 0 Å². The van der Waals surface area contributed by atoms with Gasteiger partial charge >= 0.3 is 5.97 Å². The fraction of sp³-hybridized carbons (Fsp3) is 0.0714. The van der Waals surface area contributed by atoms with Gasteiger partial charge in [0.05, 0.1) is 5.56 Å². The molecule has 0 unspecified atom stereocenters. The van der Waals surface area contributed by atoms with Gasteiger partial charge < -0.3 is 21.1 Å². The van der Waals surface area contributed by atoms with Crippen molar-refractivity contribution in [1.29, 1.82) is 0 Å². The Morgan fingerprint density at radius 3 is 1.41 bits per heavy atom. The van der Waals surface area contributed by atoms with Crippen molar-refractivity contribution in [2.75, 3.05) is 11.1 Å². The number of benzene rings is 6. The van der Waals surface area contributed by atoms with E-state index in [0.29, 0.717) is 11.1 Å². The maximum atomic E-state index is 14.3. The molecule has 0 heterocycles. The second-order valence-electron chi connectivity index (χ2n) is 10.5. The lowest BCUT2D eigenvalue weighted by Crippen LogP contribution is -2.26. The largest absolute Gasteiger partial charge is 0.416 e. The Hall–Kier alpha value is -6.40. The molecule has 0 aliphatic carbocycles. The Bertz CT molecular complexity index is 2020. The molecule has 0 radical (unpaired) electrons. The average molecular weight is 758 g/mol. The van der Waals surface area contributed by atoms with Crippen LogP contribution in [0.3, 0.4) is 0 Å². The first kappa shape index (κ1) is 43.8. The Morgan fingerprint density at radius 2 is 0.963 bits per heavy atom. The molecular weight excluding hydrogens is 719 g/mol. The summed E-state index contributed by atoms with van der Waals surface area (Å²) in [6, 6.07) is 43.5. The van der Waals surface area contributed by atoms with E-state index in [1.54, 1.807) is 48.5 Å². The first-order chi connectivity index (χ1) is 25.7. The van der Waals surface area contributed by atoms with E-state index < -0.39 is 46.5 Å². The Labute approximate surface area is 318 Å². The maximum Gasteiger partial charge on any atom is 0.343 e. The molecule has 0 saturated heterocycles. The standard InChI is InChI=1S/C21H13F4NO3.C13H11NO.C6H7N.C2H6.H2S/c22-15-14(20(27)26-11-12-7-3-1-4-8-12)16(23)18(25)19(17(15)24)29-21(28)13-9-5-2-6-10-13;15-13(11-7-3-1-4-8-11)14-12-9-5-2-6-10-12;7-6-4-2-1-3-5-6;1-2;/h1-10H,11H2,(H,26,27);1-10H,(H,14,15);1-5H,7H2;1-2H3;1H2. The Kier molecular flexibility index (Phi) is 18.8. The van der Waals surface area contributed by atoms with Gasteiger partial charge in [-0.25, -0.2) is 13.6 Å². The molecule has 280 valence electrons. The molecule has 6 rings (SSSR count). The van der Waals surface area contributed by atoms with Crippen LogP contribution in [-0.2, 0) is 6.54 Å². The summed E-state index contributed by atoms with van der Waals surface area (Å²) < 4.78 is 61.6. The van der Waals surface area contributed by atoms with Gasteiger partial charge in [0.25, 0.3) is 11.8 Å². The van der Waals surface area contributed by atoms with Crippen molar-refractivity contribution in [1.82, 2.24) is 5.32 Å². The zero-order valence-electron chi connectivity index (χ0n) is 29.4. The Morgan fingerprint density at radius 1 is 0.556 bits per heavy atom. The molecule has 0 saturated carbocycles. The van der Waals surface area contributed by atoms with Gasteiger partial charge in [0.2, 0.25) is 17.4 Å². The molecule has 0 aliphatic heterocycles. The fourth-order valence-corrected chi connectivity index (χ4v) is 4.26. The lowest BCUT2D eigenvalue weighted by atomic mass is 10.1. The number of para-hydroxylation sites is 2. The van der Waals surface area contributed by atoms with Gasteiger partial charge in [0.1, 0.15) is 5.56 Å². The van der Waals surface area contributed by atoms with E-state index in [1.165, 1.54) is 24.3 Å². The number of rotatable bonds is 7. The number of anilines is 2. The third-order valence-corrected chi connectivity index (χ3v) is 6.82. The molecule has 0 atom stereocenters. The van der Waals surface area contributed by atoms with Crippen LogP contribution in [0.25, 0.3) is 0 Å². The minimum absolute atomic E-state index is 0. The van der Waals surface area contributed by atoms with Gasteiger partial charge in [-0.15, -0.1) is 0 Å². The monoisotopic (exact) mass is 757 g/mol. The number of hydrogen-bond donors (Lipinski definition) is 3. The van der Waals surface area contributed by atoms with Crippen LogP contribution in [0.2, 0.25) is 0 Å². The number of halogens is 4. The molecule has 12 heteroatoms. The van der Waals surface area contributed by atoms with E-state index in [0.717, 1.165) is 11.4 Å². The quantitative estimate of drug-likeness (QED) is 0.0494. The molecule has 4 N–H and O–H groups in total. The van der Waals surface area contributed by atoms with Crippen molar-refractivity contribution in [2.45, 2.75) is 20.4 Å². The lowest BCUT2D eigenvalue weighted by Gasteiger charge is -2.12. The minimum atomic E-state index is -1.99. The van der Waals surface area contributed by atoms with Crippen molar-refractivity contribution in [2.24, 2.45) is 0 Å². The number of carbonyl (C=O) groups is 3. The highest BCUT2D eigenvalue weighted by Gasteiger charge is 2.31. The van der Waals surface area contributed by atoms with Crippen molar-refractivity contribution >= 4 is 42.7 Å². The maximum absolute atomic E-state index is 14.3. The number of carbonyl (C=O) groups excluding carboxylic acids is 3. The number of nitrogens with two attached hydrogens (primary N) is 1. The average Bonchev–Trinajstić information content (AvgIpc) is 3.21. The van der Waals surface area contributed by atoms with Crippen molar-refractivity contribution in [3.63, 3.8) is 0 Å². The second kappa shape index (κ2) is 23.2. The zero-order chi connectivity index (χ0) is 38.6. The molecule has 6 aromatic carbocycles. The van der Waals surface area contributed by atoms with Gasteiger partial charge in [-0.05, 0) is 54.1 Å². The van der Waals surface area contributed by atoms with Crippen LogP contribution >= 0.6 is 13.5 Å². The van der Waals surface area contributed by atoms with Crippen molar-refractivity contribution < 1.29 is 36.7 Å². The van der Waals surface area contributed by atoms with E-state index in [2.05, 4.69) is 15.4 Å². The number of esters is 1. The van der Waals surface area contributed by atoms with Crippen LogP contribution < -0.4 is 21.1 Å². The third-order valence-electron chi connectivity index (χ3n) is 6.82. The molecule has 0 bridgehead atoms. The highest BCUT2D eigenvalue weighted by atomic mass is 32.1. The van der Waals surface area contributed by atoms with E-state index in [9.17, 15) is 31.9 Å². The number of ether oxygens (including phenoxy) is 1. The lowest BCUT2D eigenvalue weighted by molar-refractivity contribution is 0.0717. The van der Waals surface area contributed by atoms with Crippen LogP contribution in [0.5, 0.6) is 5.75 Å². The van der Waals surface area contributed by atoms with Crippen LogP contribution in [-0.4, -0.2) is 17.8 Å². The van der Waals surface area contributed by atoms with Crippen LogP contribution in [0.1, 0.15) is 50.5 Å². The molecule has 54 heavy (non-hydrogen) atoms. The number of nitrogen functional groups attached to an aromatic ring is 1. The predicted molar refractivity (Wildman–Crippen MR) is 209 cm³/mol. The molecule has 2 amide bonds. The van der Waals surface area contributed by atoms with Gasteiger partial charge in [-0.3, -0.25) is 9.59 Å². The Balaban J connectivity index is 0.000000333. The summed E-state index contributed by atoms with van der Waals surface area (Å²) in [4.78, 5) is 35.7. The SMILES string of the molecule is CC.Nc1ccccc1.O=C(Nc1ccccc1)c1ccccc1.O=C(Oc1c(F)c(F)c(C(=O)NCc2ccccc2)c(F)c1F)c1ccccc1.S. The third kappa shape index (κ3) is 13.3. The predicted octanol–water partition coefficient (Wildman–Crippen LogP) is 9.74. The first-order valence-corrected chi connectivity index (χ1v) is 16.3. The molecule has 0 spiro atoms. The summed E-state index contributed by atoms with van der Waals surface area (Å²) in [5.41, 5.74) is 6.73. The summed E-state index contributed by atoms with van der Waals surface area (Å²) >= 11 is 0. The summed E-state index contributed by atoms with van der Waals surface area (Å²) in [6.45, 7) is 3.88. The number of amides is 2. The fourth-order valence-electron chi connectivity index (χ4n) is 4.26. The highest BCUT2D eigenvalue weighted by Crippen LogP contribution is 2.31. The summed E-state index contributed by atoms with van der Waals surface area (Å²) in [5.74, 6) is -12.1. The smallest absolute Gasteiger partial charge is 0.343 e. The molecule has 0 aromatic heterocycles. The highest BCUT2D eigenvalue weighted by molar-refractivity contribution is 7.59. The van der Waals surface area contributed by atoms with Gasteiger partial charge in [-0.1, -0.05) is 117 Å². The second-order valence-corrected chi connectivity index (χ2v) is 10.5. The van der Waals surface area contributed by atoms with E-state index in [4.69, 9.17) is 5.73 Å². The van der Waals surface area contributed by atoms with Gasteiger partial charge in [0.15, 0.2) is 11.6 Å². The minimum Gasteiger partial charge on any atom is -0.416 e. The summed E-state index contributed by atoms with van der Waals surface area (Å²) in [7, 11) is 0. The van der Waals surface area contributed by atoms with E-state index in [1.807, 2.05) is 92.7 Å². The molecule has 0 fully saturated rings. The van der Waals surface area contributed by atoms with Crippen LogP contribution in [0.15, 0.2) is 152 Å².